The summed E-state index contributed by atoms with van der Waals surface area (Å²) in [4.78, 5) is 13.0. The first-order valence-corrected chi connectivity index (χ1v) is 7.24. The van der Waals surface area contributed by atoms with Gasteiger partial charge in [0, 0.05) is 4.91 Å². The minimum Gasteiger partial charge on any atom is -0.394 e. The highest BCUT2D eigenvalue weighted by Gasteiger charge is 2.46. The van der Waals surface area contributed by atoms with Crippen LogP contribution in [-0.4, -0.2) is 110 Å². The molecule has 13 heteroatoms. The van der Waals surface area contributed by atoms with Gasteiger partial charge >= 0.3 is 0 Å². The van der Waals surface area contributed by atoms with Gasteiger partial charge in [-0.25, -0.2) is 0 Å². The number of hydrogen-bond donors (Lipinski definition) is 7. The molecule has 0 aromatic carbocycles. The molecule has 0 amide bonds. The Morgan fingerprint density at radius 3 is 2.36 bits per heavy atom. The van der Waals surface area contributed by atoms with Gasteiger partial charge in [-0.2, -0.15) is 0 Å². The van der Waals surface area contributed by atoms with Crippen LogP contribution in [-0.2, 0) is 14.3 Å². The van der Waals surface area contributed by atoms with Crippen molar-refractivity contribution in [2.24, 2.45) is 5.11 Å². The molecule has 0 aromatic heterocycles. The van der Waals surface area contributed by atoms with E-state index in [2.05, 4.69) is 10.0 Å². The van der Waals surface area contributed by atoms with Gasteiger partial charge in [-0.15, -0.1) is 0 Å². The number of carbonyl (C=O) groups is 1. The summed E-state index contributed by atoms with van der Waals surface area (Å²) < 4.78 is 10.3. The van der Waals surface area contributed by atoms with Crippen LogP contribution in [0, 0.1) is 0 Å². The largest absolute Gasteiger partial charge is 0.394 e. The number of rotatable bonds is 9. The maximum Gasteiger partial charge on any atom is 0.187 e. The molecule has 13 nitrogen and oxygen atoms in total. The zero-order valence-corrected chi connectivity index (χ0v) is 12.9. The van der Waals surface area contributed by atoms with E-state index in [4.69, 9.17) is 20.1 Å². The Bertz CT molecular complexity index is 476. The van der Waals surface area contributed by atoms with Gasteiger partial charge in [-0.3, -0.25) is 0 Å². The first kappa shape index (κ1) is 21.7. The van der Waals surface area contributed by atoms with Crippen LogP contribution in [0.3, 0.4) is 0 Å². The smallest absolute Gasteiger partial charge is 0.187 e. The lowest BCUT2D eigenvalue weighted by Gasteiger charge is -2.42. The summed E-state index contributed by atoms with van der Waals surface area (Å²) in [5, 5.41) is 70.6. The first-order chi connectivity index (χ1) is 11.8. The predicted molar refractivity (Wildman–Crippen MR) is 76.7 cm³/mol. The van der Waals surface area contributed by atoms with Gasteiger partial charge in [0.1, 0.15) is 42.7 Å². The number of ether oxygens (including phenoxy) is 2. The van der Waals surface area contributed by atoms with Crippen LogP contribution in [0.4, 0.5) is 0 Å². The molecule has 1 saturated heterocycles. The lowest BCUT2D eigenvalue weighted by Crippen LogP contribution is -2.61. The molecule has 1 aliphatic heterocycles. The number of carbonyl (C=O) groups excluding carboxylic acids is 1. The Hall–Kier alpha value is -1.38. The molecule has 0 aliphatic carbocycles. The molecule has 1 fully saturated rings. The van der Waals surface area contributed by atoms with Crippen LogP contribution < -0.4 is 0 Å². The van der Waals surface area contributed by atoms with Gasteiger partial charge in [-0.1, -0.05) is 5.11 Å². The lowest BCUT2D eigenvalue weighted by atomic mass is 9.98. The third kappa shape index (κ3) is 5.29. The highest BCUT2D eigenvalue weighted by atomic mass is 16.7. The molecule has 9 atom stereocenters. The molecule has 0 spiro atoms. The van der Waals surface area contributed by atoms with E-state index in [0.29, 0.717) is 0 Å². The van der Waals surface area contributed by atoms with Crippen molar-refractivity contribution in [3.05, 3.63) is 10.4 Å². The molecule has 7 N–H and O–H groups in total. The van der Waals surface area contributed by atoms with Crippen LogP contribution in [0.15, 0.2) is 5.11 Å². The van der Waals surface area contributed by atoms with E-state index in [1.807, 2.05) is 0 Å². The quantitative estimate of drug-likeness (QED) is 0.0898. The fraction of sp³-hybridized carbons (Fsp3) is 0.917. The normalized spacial score (nSPS) is 34.4. The van der Waals surface area contributed by atoms with E-state index < -0.39 is 68.3 Å². The van der Waals surface area contributed by atoms with E-state index in [0.717, 1.165) is 0 Å². The minimum atomic E-state index is -1.99. The van der Waals surface area contributed by atoms with Gasteiger partial charge in [-0.05, 0) is 5.53 Å². The summed E-state index contributed by atoms with van der Waals surface area (Å²) >= 11 is 0. The van der Waals surface area contributed by atoms with Crippen LogP contribution in [0.2, 0.25) is 0 Å². The van der Waals surface area contributed by atoms with Crippen molar-refractivity contribution in [3.8, 4) is 0 Å². The molecule has 0 aromatic rings. The molecule has 1 heterocycles. The molecule has 1 rings (SSSR count). The fourth-order valence-corrected chi connectivity index (χ4v) is 2.23. The molecule has 144 valence electrons. The minimum absolute atomic E-state index is 0.0354. The zero-order chi connectivity index (χ0) is 19.1. The number of aliphatic hydroxyl groups is 7. The van der Waals surface area contributed by atoms with Crippen molar-refractivity contribution in [1.29, 1.82) is 0 Å². The highest BCUT2D eigenvalue weighted by Crippen LogP contribution is 2.25. The topological polar surface area (TPSA) is 226 Å². The summed E-state index contributed by atoms with van der Waals surface area (Å²) in [5.74, 6) is 0. The monoisotopic (exact) mass is 367 g/mol. The molecule has 0 saturated carbocycles. The van der Waals surface area contributed by atoms with Crippen LogP contribution in [0.5, 0.6) is 0 Å². The summed E-state index contributed by atoms with van der Waals surface area (Å²) in [6, 6.07) is 0. The van der Waals surface area contributed by atoms with Crippen molar-refractivity contribution in [3.63, 3.8) is 0 Å². The summed E-state index contributed by atoms with van der Waals surface area (Å²) in [7, 11) is 0. The molecule has 0 unspecified atom stereocenters. The Morgan fingerprint density at radius 2 is 1.84 bits per heavy atom. The lowest BCUT2D eigenvalue weighted by molar-refractivity contribution is -0.321. The maximum absolute atomic E-state index is 10.6. The van der Waals surface area contributed by atoms with Gasteiger partial charge in [0.25, 0.3) is 0 Å². The SMILES string of the molecule is [N-]=[N+]=NC[C@H]1O[C@@H](O[C@@H]([C@H](O)[C@@H](O)C=O)[C@H](O)CO)[C@H](O)[C@@H](O)[C@@H]1O. The van der Waals surface area contributed by atoms with Gasteiger partial charge in [0.15, 0.2) is 12.6 Å². The summed E-state index contributed by atoms with van der Waals surface area (Å²) in [6.07, 6.45) is -15.8. The Kier molecular flexibility index (Phi) is 8.61. The second-order valence-electron chi connectivity index (χ2n) is 5.40. The second kappa shape index (κ2) is 9.94. The third-order valence-electron chi connectivity index (χ3n) is 3.68. The number of nitrogens with zero attached hydrogens (tertiary/aromatic N) is 3. The molecule has 1 aliphatic rings. The zero-order valence-electron chi connectivity index (χ0n) is 12.9. The number of aliphatic hydroxyl groups excluding tert-OH is 7. The Balaban J connectivity index is 2.96. The summed E-state index contributed by atoms with van der Waals surface area (Å²) in [6.45, 7) is -1.35. The van der Waals surface area contributed by atoms with Crippen molar-refractivity contribution in [1.82, 2.24) is 0 Å². The second-order valence-corrected chi connectivity index (χ2v) is 5.40. The Labute approximate surface area is 141 Å². The van der Waals surface area contributed by atoms with Gasteiger partial charge in [0.05, 0.1) is 19.3 Å². The van der Waals surface area contributed by atoms with E-state index >= 15 is 0 Å². The number of hydrogen-bond acceptors (Lipinski definition) is 11. The average molecular weight is 367 g/mol. The summed E-state index contributed by atoms with van der Waals surface area (Å²) in [5.41, 5.74) is 8.30. The van der Waals surface area contributed by atoms with Crippen molar-refractivity contribution in [2.75, 3.05) is 13.2 Å². The van der Waals surface area contributed by atoms with E-state index in [1.165, 1.54) is 0 Å². The number of aldehydes is 1. The van der Waals surface area contributed by atoms with Crippen molar-refractivity contribution in [2.45, 2.75) is 55.1 Å². The maximum atomic E-state index is 10.6. The van der Waals surface area contributed by atoms with E-state index in [9.17, 15) is 35.4 Å². The predicted octanol–water partition coefficient (Wildman–Crippen LogP) is -4.24. The molecule has 0 radical (unpaired) electrons. The van der Waals surface area contributed by atoms with Crippen LogP contribution in [0.1, 0.15) is 0 Å². The van der Waals surface area contributed by atoms with Crippen molar-refractivity contribution >= 4 is 6.29 Å². The van der Waals surface area contributed by atoms with Gasteiger partial charge < -0.3 is 50.0 Å². The number of azide groups is 1. The molecule has 0 bridgehead atoms. The molecular weight excluding hydrogens is 346 g/mol. The average Bonchev–Trinajstić information content (AvgIpc) is 2.62. The van der Waals surface area contributed by atoms with Crippen LogP contribution in [0.25, 0.3) is 10.4 Å². The fourth-order valence-electron chi connectivity index (χ4n) is 2.23. The molecular formula is C12H21N3O10. The van der Waals surface area contributed by atoms with Gasteiger partial charge in [0.2, 0.25) is 0 Å². The standard InChI is InChI=1S/C12H21N3O10/c13-15-14-1-6-8(21)9(22)10(23)12(24-6)25-11(5(19)3-17)7(20)4(18)2-16/h2,4-12,17-23H,1,3H2/t4-,5+,6+,7+,8+,9-,10+,11+,12-/m0/s1. The van der Waals surface area contributed by atoms with Crippen molar-refractivity contribution < 1.29 is 50.0 Å². The van der Waals surface area contributed by atoms with Crippen LogP contribution >= 0.6 is 0 Å². The van der Waals surface area contributed by atoms with E-state index in [1.54, 1.807) is 0 Å². The van der Waals surface area contributed by atoms with E-state index in [-0.39, 0.29) is 6.29 Å². The molecule has 25 heavy (non-hydrogen) atoms. The Morgan fingerprint density at radius 1 is 1.20 bits per heavy atom. The highest BCUT2D eigenvalue weighted by molar-refractivity contribution is 5.56. The third-order valence-corrected chi connectivity index (χ3v) is 3.68. The first-order valence-electron chi connectivity index (χ1n) is 7.24.